The first-order valence-corrected chi connectivity index (χ1v) is 12.2. The second kappa shape index (κ2) is 10.7. The highest BCUT2D eigenvalue weighted by molar-refractivity contribution is 6.09. The van der Waals surface area contributed by atoms with Gasteiger partial charge in [0.15, 0.2) is 5.78 Å². The van der Waals surface area contributed by atoms with Crippen molar-refractivity contribution in [3.05, 3.63) is 108 Å². The van der Waals surface area contributed by atoms with Crippen LogP contribution in [0.1, 0.15) is 42.7 Å². The minimum Gasteiger partial charge on any atom is -0.490 e. The molecule has 1 aliphatic carbocycles. The summed E-state index contributed by atoms with van der Waals surface area (Å²) < 4.78 is 11.3. The van der Waals surface area contributed by atoms with E-state index in [9.17, 15) is 9.59 Å². The number of allylic oxidation sites excluding steroid dienone is 2. The summed E-state index contributed by atoms with van der Waals surface area (Å²) in [6.07, 6.45) is 4.43. The SMILES string of the molecule is CC1=NC2=C(C(=O)C[C@H](c3ccccc3)C2)[C@@H](c2ccncc2)C1C(=O)OCCOc1ccccc1. The molecule has 182 valence electrons. The number of aromatic nitrogens is 1. The Kier molecular flexibility index (Phi) is 7.03. The van der Waals surface area contributed by atoms with Crippen molar-refractivity contribution in [2.24, 2.45) is 10.9 Å². The quantitative estimate of drug-likeness (QED) is 0.340. The Bertz CT molecular complexity index is 1290. The third-order valence-corrected chi connectivity index (χ3v) is 6.82. The van der Waals surface area contributed by atoms with Crippen LogP contribution >= 0.6 is 0 Å². The maximum absolute atomic E-state index is 13.6. The highest BCUT2D eigenvalue weighted by Crippen LogP contribution is 2.46. The predicted octanol–water partition coefficient (Wildman–Crippen LogP) is 5.28. The van der Waals surface area contributed by atoms with Crippen molar-refractivity contribution in [1.29, 1.82) is 0 Å². The van der Waals surface area contributed by atoms with Gasteiger partial charge in [-0.2, -0.15) is 0 Å². The zero-order valence-corrected chi connectivity index (χ0v) is 20.2. The number of esters is 1. The Hall–Kier alpha value is -4.06. The standard InChI is InChI=1S/C30H28N2O4/c1-20-27(30(34)36-17-16-35-24-10-6-3-7-11-24)28(22-12-14-31-15-13-22)29-25(32-20)18-23(19-26(29)33)21-8-4-2-5-9-21/h2-15,23,27-28H,16-19H2,1H3/t23-,27?,28+/m1/s1. The molecule has 1 unspecified atom stereocenters. The van der Waals surface area contributed by atoms with Crippen LogP contribution in [0.3, 0.4) is 0 Å². The van der Waals surface area contributed by atoms with E-state index in [1.54, 1.807) is 12.4 Å². The number of ketones is 1. The van der Waals surface area contributed by atoms with Crippen molar-refractivity contribution in [3.63, 3.8) is 0 Å². The lowest BCUT2D eigenvalue weighted by molar-refractivity contribution is -0.147. The topological polar surface area (TPSA) is 77.9 Å². The second-order valence-corrected chi connectivity index (χ2v) is 9.12. The van der Waals surface area contributed by atoms with Gasteiger partial charge in [0.05, 0.1) is 0 Å². The van der Waals surface area contributed by atoms with Gasteiger partial charge in [0.25, 0.3) is 0 Å². The van der Waals surface area contributed by atoms with Crippen LogP contribution in [-0.4, -0.2) is 35.7 Å². The third kappa shape index (κ3) is 4.98. The Labute approximate surface area is 210 Å². The van der Waals surface area contributed by atoms with Crippen molar-refractivity contribution in [3.8, 4) is 5.75 Å². The number of nitrogens with zero attached hydrogens (tertiary/aromatic N) is 2. The van der Waals surface area contributed by atoms with Gasteiger partial charge in [-0.1, -0.05) is 48.5 Å². The molecule has 0 N–H and O–H groups in total. The fourth-order valence-corrected chi connectivity index (χ4v) is 5.17. The molecule has 3 aromatic rings. The van der Waals surface area contributed by atoms with Crippen LogP contribution in [0.5, 0.6) is 5.75 Å². The average Bonchev–Trinajstić information content (AvgIpc) is 2.91. The average molecular weight is 481 g/mol. The molecular formula is C30H28N2O4. The fraction of sp³-hybridized carbons (Fsp3) is 0.267. The molecule has 0 fully saturated rings. The number of carbonyl (C=O) groups excluding carboxylic acids is 2. The zero-order chi connectivity index (χ0) is 24.9. The van der Waals surface area contributed by atoms with Crippen LogP contribution < -0.4 is 4.74 Å². The number of aliphatic imine (C=N–C) groups is 1. The molecule has 2 heterocycles. The van der Waals surface area contributed by atoms with E-state index in [0.29, 0.717) is 29.9 Å². The Morgan fingerprint density at radius 1 is 0.889 bits per heavy atom. The summed E-state index contributed by atoms with van der Waals surface area (Å²) >= 11 is 0. The summed E-state index contributed by atoms with van der Waals surface area (Å²) in [5, 5.41) is 0. The van der Waals surface area contributed by atoms with Gasteiger partial charge in [-0.15, -0.1) is 0 Å². The Morgan fingerprint density at radius 3 is 2.31 bits per heavy atom. The molecule has 0 saturated carbocycles. The van der Waals surface area contributed by atoms with Crippen LogP contribution in [-0.2, 0) is 14.3 Å². The fourth-order valence-electron chi connectivity index (χ4n) is 5.17. The summed E-state index contributed by atoms with van der Waals surface area (Å²) in [4.78, 5) is 35.9. The molecule has 5 rings (SSSR count). The van der Waals surface area contributed by atoms with Crippen LogP contribution in [0.15, 0.2) is 101 Å². The lowest BCUT2D eigenvalue weighted by Gasteiger charge is -2.36. The molecule has 6 nitrogen and oxygen atoms in total. The molecule has 6 heteroatoms. The maximum atomic E-state index is 13.6. The number of benzene rings is 2. The molecule has 1 aromatic heterocycles. The van der Waals surface area contributed by atoms with E-state index in [4.69, 9.17) is 14.5 Å². The number of para-hydroxylation sites is 1. The summed E-state index contributed by atoms with van der Waals surface area (Å²) in [6.45, 7) is 2.20. The van der Waals surface area contributed by atoms with Gasteiger partial charge in [0.1, 0.15) is 24.9 Å². The molecule has 0 radical (unpaired) electrons. The molecule has 0 saturated heterocycles. The molecule has 0 bridgehead atoms. The van der Waals surface area contributed by atoms with Crippen LogP contribution in [0.2, 0.25) is 0 Å². The molecule has 36 heavy (non-hydrogen) atoms. The summed E-state index contributed by atoms with van der Waals surface area (Å²) in [5.74, 6) is -0.708. The largest absolute Gasteiger partial charge is 0.490 e. The van der Waals surface area contributed by atoms with E-state index >= 15 is 0 Å². The first-order valence-electron chi connectivity index (χ1n) is 12.2. The van der Waals surface area contributed by atoms with Gasteiger partial charge in [-0.25, -0.2) is 0 Å². The summed E-state index contributed by atoms with van der Waals surface area (Å²) in [6, 6.07) is 23.2. The number of Topliss-reactive ketones (excluding diaryl/α,β-unsaturated/α-hetero) is 1. The smallest absolute Gasteiger partial charge is 0.315 e. The normalized spacial score (nSPS) is 21.4. The van der Waals surface area contributed by atoms with Crippen LogP contribution in [0.25, 0.3) is 0 Å². The number of carbonyl (C=O) groups is 2. The van der Waals surface area contributed by atoms with Crippen molar-refractivity contribution in [1.82, 2.24) is 4.98 Å². The third-order valence-electron chi connectivity index (χ3n) is 6.82. The predicted molar refractivity (Wildman–Crippen MR) is 137 cm³/mol. The highest BCUT2D eigenvalue weighted by Gasteiger charge is 2.44. The van der Waals surface area contributed by atoms with Crippen LogP contribution in [0.4, 0.5) is 0 Å². The number of ether oxygens (including phenoxy) is 2. The van der Waals surface area contributed by atoms with E-state index in [2.05, 4.69) is 17.1 Å². The van der Waals surface area contributed by atoms with Crippen molar-refractivity contribution in [2.75, 3.05) is 13.2 Å². The van der Waals surface area contributed by atoms with Gasteiger partial charge in [0.2, 0.25) is 0 Å². The number of hydrogen-bond donors (Lipinski definition) is 0. The lowest BCUT2D eigenvalue weighted by Crippen LogP contribution is -2.38. The van der Waals surface area contributed by atoms with E-state index in [0.717, 1.165) is 16.8 Å². The molecule has 3 atom stereocenters. The number of rotatable bonds is 7. The highest BCUT2D eigenvalue weighted by atomic mass is 16.6. The van der Waals surface area contributed by atoms with E-state index < -0.39 is 17.8 Å². The van der Waals surface area contributed by atoms with Gasteiger partial charge in [0, 0.05) is 41.7 Å². The van der Waals surface area contributed by atoms with Gasteiger partial charge >= 0.3 is 5.97 Å². The Morgan fingerprint density at radius 2 is 1.58 bits per heavy atom. The molecule has 0 amide bonds. The second-order valence-electron chi connectivity index (χ2n) is 9.12. The lowest BCUT2D eigenvalue weighted by atomic mass is 9.69. The number of pyridine rings is 1. The van der Waals surface area contributed by atoms with Crippen molar-refractivity contribution >= 4 is 17.5 Å². The Balaban J connectivity index is 1.39. The molecule has 1 aliphatic heterocycles. The minimum atomic E-state index is -0.680. The summed E-state index contributed by atoms with van der Waals surface area (Å²) in [7, 11) is 0. The summed E-state index contributed by atoms with van der Waals surface area (Å²) in [5.41, 5.74) is 4.05. The van der Waals surface area contributed by atoms with Crippen molar-refractivity contribution in [2.45, 2.75) is 31.6 Å². The zero-order valence-electron chi connectivity index (χ0n) is 20.2. The van der Waals surface area contributed by atoms with E-state index in [1.807, 2.05) is 67.6 Å². The van der Waals surface area contributed by atoms with Crippen LogP contribution in [0, 0.1) is 5.92 Å². The van der Waals surface area contributed by atoms with Gasteiger partial charge in [-0.3, -0.25) is 19.6 Å². The molecule has 2 aromatic carbocycles. The molecule has 2 aliphatic rings. The van der Waals surface area contributed by atoms with Crippen molar-refractivity contribution < 1.29 is 19.1 Å². The van der Waals surface area contributed by atoms with Gasteiger partial charge in [-0.05, 0) is 54.7 Å². The molecule has 0 spiro atoms. The maximum Gasteiger partial charge on any atom is 0.315 e. The monoisotopic (exact) mass is 480 g/mol. The minimum absolute atomic E-state index is 0.0355. The first kappa shape index (κ1) is 23.7. The molecular weight excluding hydrogens is 452 g/mol. The van der Waals surface area contributed by atoms with E-state index in [-0.39, 0.29) is 24.9 Å². The first-order chi connectivity index (χ1) is 17.6. The number of hydrogen-bond acceptors (Lipinski definition) is 6. The van der Waals surface area contributed by atoms with E-state index in [1.165, 1.54) is 0 Å². The van der Waals surface area contributed by atoms with Gasteiger partial charge < -0.3 is 9.47 Å².